The van der Waals surface area contributed by atoms with Crippen molar-refractivity contribution in [2.24, 2.45) is 4.99 Å². The number of benzene rings is 3. The minimum absolute atomic E-state index is 0.237. The molecule has 2 aromatic heterocycles. The minimum atomic E-state index is -0.853. The second-order valence-corrected chi connectivity index (χ2v) is 12.4. The predicted molar refractivity (Wildman–Crippen MR) is 185 cm³/mol. The van der Waals surface area contributed by atoms with Crippen molar-refractivity contribution in [2.45, 2.75) is 32.9 Å². The summed E-state index contributed by atoms with van der Waals surface area (Å²) in [6.07, 6.45) is 3.25. The number of carbonyl (C=O) groups excluding carboxylic acids is 2. The van der Waals surface area contributed by atoms with Crippen LogP contribution < -0.4 is 24.4 Å². The van der Waals surface area contributed by atoms with Crippen LogP contribution >= 0.6 is 11.3 Å². The van der Waals surface area contributed by atoms with Crippen LogP contribution in [-0.4, -0.2) is 53.7 Å². The van der Waals surface area contributed by atoms with Crippen molar-refractivity contribution in [3.8, 4) is 28.4 Å². The van der Waals surface area contributed by atoms with E-state index in [0.29, 0.717) is 48.9 Å². The quantitative estimate of drug-likeness (QED) is 0.203. The lowest BCUT2D eigenvalue weighted by Gasteiger charge is -2.25. The smallest absolute Gasteiger partial charge is 0.338 e. The maximum atomic E-state index is 14.4. The van der Waals surface area contributed by atoms with Crippen LogP contribution in [-0.2, 0) is 14.3 Å². The molecule has 0 radical (unpaired) electrons. The number of thiazole rings is 1. The van der Waals surface area contributed by atoms with E-state index in [1.54, 1.807) is 76.1 Å². The monoisotopic (exact) mass is 678 g/mol. The lowest BCUT2D eigenvalue weighted by molar-refractivity contribution is -0.143. The molecule has 3 heterocycles. The van der Waals surface area contributed by atoms with Gasteiger partial charge in [-0.2, -0.15) is 5.10 Å². The van der Waals surface area contributed by atoms with Crippen molar-refractivity contribution in [1.29, 1.82) is 0 Å². The largest absolute Gasteiger partial charge is 0.493 e. The zero-order chi connectivity index (χ0) is 34.8. The van der Waals surface area contributed by atoms with Gasteiger partial charge in [0.25, 0.3) is 5.56 Å². The van der Waals surface area contributed by atoms with Crippen LogP contribution in [0.3, 0.4) is 0 Å². The average molecular weight is 679 g/mol. The van der Waals surface area contributed by atoms with Crippen LogP contribution in [0, 0.1) is 0 Å². The second-order valence-electron chi connectivity index (χ2n) is 11.4. The maximum Gasteiger partial charge on any atom is 0.338 e. The highest BCUT2D eigenvalue weighted by Crippen LogP contribution is 2.34. The lowest BCUT2D eigenvalue weighted by atomic mass is 9.95. The summed E-state index contributed by atoms with van der Waals surface area (Å²) in [6, 6.07) is 20.9. The molecule has 12 heteroatoms. The summed E-state index contributed by atoms with van der Waals surface area (Å²) in [6.45, 7) is 5.24. The number of fused-ring (bicyclic) bond motifs is 1. The van der Waals surface area contributed by atoms with Gasteiger partial charge in [0.1, 0.15) is 5.69 Å². The number of carbonyl (C=O) groups is 2. The molecule has 49 heavy (non-hydrogen) atoms. The van der Waals surface area contributed by atoms with Gasteiger partial charge in [-0.3, -0.25) is 9.36 Å². The molecular weight excluding hydrogens is 644 g/mol. The Labute approximate surface area is 286 Å². The Morgan fingerprint density at radius 1 is 0.918 bits per heavy atom. The van der Waals surface area contributed by atoms with Crippen molar-refractivity contribution in [1.82, 2.24) is 14.3 Å². The van der Waals surface area contributed by atoms with Crippen molar-refractivity contribution in [3.05, 3.63) is 127 Å². The van der Waals surface area contributed by atoms with Crippen molar-refractivity contribution < 1.29 is 28.5 Å². The van der Waals surface area contributed by atoms with E-state index >= 15 is 0 Å². The number of hydrogen-bond donors (Lipinski definition) is 0. The highest BCUT2D eigenvalue weighted by Gasteiger charge is 2.34. The number of methoxy groups -OCH3 is 3. The van der Waals surface area contributed by atoms with E-state index in [2.05, 4.69) is 0 Å². The first-order chi connectivity index (χ1) is 23.6. The van der Waals surface area contributed by atoms with Crippen LogP contribution in [0.15, 0.2) is 100 Å². The van der Waals surface area contributed by atoms with Crippen LogP contribution in [0.2, 0.25) is 0 Å². The molecule has 0 fully saturated rings. The van der Waals surface area contributed by atoms with Crippen LogP contribution in [0.4, 0.5) is 0 Å². The summed E-state index contributed by atoms with van der Waals surface area (Å²) in [5, 5.41) is 4.91. The number of esters is 2. The standard InChI is InChI=1S/C37H34N4O7S/c1-21(2)48-36(44)31-22(3)38-37-41(33(31)23-12-14-24(15-13-23)35(43)47-6)34(42)30(49-37)19-26-20-40(27-10-8-7-9-11-27)39-32(26)25-16-17-28(45-4)29(18-25)46-5/h7-21,33H,1-6H3. The lowest BCUT2D eigenvalue weighted by Crippen LogP contribution is -2.40. The average Bonchev–Trinajstić information content (AvgIpc) is 3.67. The van der Waals surface area contributed by atoms with E-state index in [4.69, 9.17) is 29.0 Å². The molecule has 1 aliphatic heterocycles. The highest BCUT2D eigenvalue weighted by atomic mass is 32.1. The van der Waals surface area contributed by atoms with E-state index in [1.165, 1.54) is 23.0 Å². The van der Waals surface area contributed by atoms with E-state index in [0.717, 1.165) is 11.3 Å². The summed E-state index contributed by atoms with van der Waals surface area (Å²) >= 11 is 1.21. The topological polar surface area (TPSA) is 123 Å². The zero-order valence-electron chi connectivity index (χ0n) is 27.8. The van der Waals surface area contributed by atoms with Gasteiger partial charge < -0.3 is 18.9 Å². The molecule has 250 valence electrons. The molecule has 0 saturated heterocycles. The SMILES string of the molecule is COC(=O)c1ccc(C2C(C(=O)OC(C)C)=C(C)N=c3sc(=Cc4cn(-c5ccccc5)nc4-c4ccc(OC)c(OC)c4)c(=O)n32)cc1. The van der Waals surface area contributed by atoms with Crippen LogP contribution in [0.25, 0.3) is 23.0 Å². The summed E-state index contributed by atoms with van der Waals surface area (Å²) in [7, 11) is 4.45. The Balaban J connectivity index is 1.55. The van der Waals surface area contributed by atoms with Gasteiger partial charge in [0, 0.05) is 17.3 Å². The predicted octanol–water partition coefficient (Wildman–Crippen LogP) is 4.84. The molecule has 3 aromatic carbocycles. The van der Waals surface area contributed by atoms with E-state index in [-0.39, 0.29) is 11.1 Å². The Bertz CT molecular complexity index is 2270. The van der Waals surface area contributed by atoms with Gasteiger partial charge >= 0.3 is 11.9 Å². The first-order valence-corrected chi connectivity index (χ1v) is 16.2. The fourth-order valence-corrected chi connectivity index (χ4v) is 6.69. The third kappa shape index (κ3) is 6.42. The third-order valence-corrected chi connectivity index (χ3v) is 8.92. The zero-order valence-corrected chi connectivity index (χ0v) is 28.6. The molecule has 1 unspecified atom stereocenters. The first kappa shape index (κ1) is 33.2. The van der Waals surface area contributed by atoms with Crippen molar-refractivity contribution in [3.63, 3.8) is 0 Å². The van der Waals surface area contributed by atoms with Gasteiger partial charge in [0.05, 0.1) is 60.5 Å². The number of nitrogens with zero attached hydrogens (tertiary/aromatic N) is 4. The normalized spacial score (nSPS) is 14.3. The van der Waals surface area contributed by atoms with Gasteiger partial charge in [-0.1, -0.05) is 41.7 Å². The number of rotatable bonds is 9. The van der Waals surface area contributed by atoms with Gasteiger partial charge in [-0.05, 0) is 74.9 Å². The molecule has 0 spiro atoms. The summed E-state index contributed by atoms with van der Waals surface area (Å²) in [5.74, 6) is 0.0369. The van der Waals surface area contributed by atoms with Gasteiger partial charge in [0.2, 0.25) is 0 Å². The summed E-state index contributed by atoms with van der Waals surface area (Å²) < 4.78 is 25.1. The van der Waals surface area contributed by atoms with Crippen molar-refractivity contribution >= 4 is 29.4 Å². The number of hydrogen-bond acceptors (Lipinski definition) is 10. The molecular formula is C37H34N4O7S. The minimum Gasteiger partial charge on any atom is -0.493 e. The van der Waals surface area contributed by atoms with Crippen LogP contribution in [0.1, 0.15) is 48.3 Å². The molecule has 0 amide bonds. The van der Waals surface area contributed by atoms with Crippen LogP contribution in [0.5, 0.6) is 11.5 Å². The molecule has 1 aliphatic rings. The van der Waals surface area contributed by atoms with Gasteiger partial charge in [-0.25, -0.2) is 19.3 Å². The fraction of sp³-hybridized carbons (Fsp3) is 0.216. The molecule has 0 aliphatic carbocycles. The Hall–Kier alpha value is -5.75. The van der Waals surface area contributed by atoms with Crippen molar-refractivity contribution in [2.75, 3.05) is 21.3 Å². The molecule has 11 nitrogen and oxygen atoms in total. The molecule has 0 bridgehead atoms. The fourth-order valence-electron chi connectivity index (χ4n) is 5.65. The second kappa shape index (κ2) is 13.8. The summed E-state index contributed by atoms with van der Waals surface area (Å²) in [4.78, 5) is 45.2. The van der Waals surface area contributed by atoms with Gasteiger partial charge in [0.15, 0.2) is 16.3 Å². The number of allylic oxidation sites excluding steroid dienone is 1. The van der Waals surface area contributed by atoms with E-state index in [1.807, 2.05) is 48.7 Å². The number of aromatic nitrogens is 3. The molecule has 0 N–H and O–H groups in total. The molecule has 0 saturated carbocycles. The Morgan fingerprint density at radius 3 is 2.29 bits per heavy atom. The first-order valence-electron chi connectivity index (χ1n) is 15.4. The summed E-state index contributed by atoms with van der Waals surface area (Å²) in [5.41, 5.74) is 4.15. The van der Waals surface area contributed by atoms with E-state index in [9.17, 15) is 14.4 Å². The molecule has 5 aromatic rings. The van der Waals surface area contributed by atoms with Gasteiger partial charge in [-0.15, -0.1) is 0 Å². The third-order valence-electron chi connectivity index (χ3n) is 7.94. The maximum absolute atomic E-state index is 14.4. The molecule has 1 atom stereocenters. The van der Waals surface area contributed by atoms with E-state index < -0.39 is 24.1 Å². The molecule has 6 rings (SSSR count). The Morgan fingerprint density at radius 2 is 1.63 bits per heavy atom. The Kier molecular flexibility index (Phi) is 9.32. The highest BCUT2D eigenvalue weighted by molar-refractivity contribution is 7.07. The number of ether oxygens (including phenoxy) is 4. The number of para-hydroxylation sites is 1.